The van der Waals surface area contributed by atoms with Crippen LogP contribution in [-0.2, 0) is 9.59 Å². The third kappa shape index (κ3) is 3.59. The first-order chi connectivity index (χ1) is 13.4. The van der Waals surface area contributed by atoms with Crippen molar-refractivity contribution in [3.05, 3.63) is 59.7 Å². The lowest BCUT2D eigenvalue weighted by atomic mass is 10.1. The van der Waals surface area contributed by atoms with Crippen molar-refractivity contribution in [2.75, 3.05) is 10.6 Å². The van der Waals surface area contributed by atoms with E-state index in [1.807, 2.05) is 0 Å². The van der Waals surface area contributed by atoms with Gasteiger partial charge in [0.15, 0.2) is 0 Å². The summed E-state index contributed by atoms with van der Waals surface area (Å²) in [5, 5.41) is 13.7. The summed E-state index contributed by atoms with van der Waals surface area (Å²) < 4.78 is 0. The number of hydrogen-bond donors (Lipinski definition) is 2. The monoisotopic (exact) mass is 376 g/mol. The predicted octanol–water partition coefficient (Wildman–Crippen LogP) is 2.16. The fraction of sp³-hybridized carbons (Fsp3) is 0.150. The maximum Gasteiger partial charge on any atom is 0.262 e. The number of hydrogen-bond acceptors (Lipinski definition) is 5. The number of benzene rings is 2. The first-order valence-electron chi connectivity index (χ1n) is 8.47. The summed E-state index contributed by atoms with van der Waals surface area (Å²) in [7, 11) is 0. The van der Waals surface area contributed by atoms with Crippen molar-refractivity contribution < 1.29 is 19.2 Å². The smallest absolute Gasteiger partial charge is 0.262 e. The molecule has 0 radical (unpaired) electrons. The van der Waals surface area contributed by atoms with E-state index >= 15 is 0 Å². The highest BCUT2D eigenvalue weighted by molar-refractivity contribution is 6.23. The zero-order valence-corrected chi connectivity index (χ0v) is 14.9. The number of imide groups is 1. The van der Waals surface area contributed by atoms with Gasteiger partial charge < -0.3 is 10.6 Å². The molecule has 3 rings (SSSR count). The third-order valence-corrected chi connectivity index (χ3v) is 4.27. The van der Waals surface area contributed by atoms with Crippen LogP contribution in [-0.4, -0.2) is 34.6 Å². The summed E-state index contributed by atoms with van der Waals surface area (Å²) in [5.41, 5.74) is 1.48. The van der Waals surface area contributed by atoms with E-state index in [9.17, 15) is 19.2 Å². The second kappa shape index (κ2) is 7.72. The fourth-order valence-corrected chi connectivity index (χ4v) is 2.84. The lowest BCUT2D eigenvalue weighted by Crippen LogP contribution is -2.45. The predicted molar refractivity (Wildman–Crippen MR) is 100 cm³/mol. The van der Waals surface area contributed by atoms with Gasteiger partial charge in [-0.3, -0.25) is 24.1 Å². The first-order valence-corrected chi connectivity index (χ1v) is 8.47. The van der Waals surface area contributed by atoms with Crippen molar-refractivity contribution in [3.8, 4) is 6.07 Å². The molecule has 1 heterocycles. The zero-order chi connectivity index (χ0) is 20.3. The van der Waals surface area contributed by atoms with Gasteiger partial charge in [-0.05, 0) is 43.3 Å². The standard InChI is InChI=1S/C20H16N4O4/c1-12(24-19(27)15-4-2-3-5-16(15)20(24)28)18(26)23-14-8-6-13(7-9-14)22-17(25)10-11-21/h2-9,12H,10H2,1H3,(H,22,25)(H,23,26). The van der Waals surface area contributed by atoms with E-state index in [1.165, 1.54) is 6.92 Å². The van der Waals surface area contributed by atoms with Gasteiger partial charge in [-0.25, -0.2) is 0 Å². The number of nitrogens with zero attached hydrogens (tertiary/aromatic N) is 2. The number of nitriles is 1. The molecule has 0 bridgehead atoms. The largest absolute Gasteiger partial charge is 0.325 e. The van der Waals surface area contributed by atoms with E-state index in [0.717, 1.165) is 4.90 Å². The van der Waals surface area contributed by atoms with E-state index in [2.05, 4.69) is 10.6 Å². The highest BCUT2D eigenvalue weighted by Crippen LogP contribution is 2.25. The maximum atomic E-state index is 12.5. The topological polar surface area (TPSA) is 119 Å². The average molecular weight is 376 g/mol. The van der Waals surface area contributed by atoms with E-state index in [0.29, 0.717) is 11.4 Å². The van der Waals surface area contributed by atoms with E-state index < -0.39 is 29.7 Å². The Labute approximate surface area is 160 Å². The lowest BCUT2D eigenvalue weighted by Gasteiger charge is -2.21. The number of fused-ring (bicyclic) bond motifs is 1. The highest BCUT2D eigenvalue weighted by atomic mass is 16.2. The molecule has 1 aliphatic heterocycles. The van der Waals surface area contributed by atoms with Gasteiger partial charge in [0.1, 0.15) is 12.5 Å². The summed E-state index contributed by atoms with van der Waals surface area (Å²) in [6.07, 6.45) is -0.254. The molecule has 0 fully saturated rings. The molecule has 0 saturated carbocycles. The van der Waals surface area contributed by atoms with Gasteiger partial charge in [-0.15, -0.1) is 0 Å². The highest BCUT2D eigenvalue weighted by Gasteiger charge is 2.40. The normalized spacial score (nSPS) is 13.5. The van der Waals surface area contributed by atoms with Gasteiger partial charge in [0.05, 0.1) is 17.2 Å². The maximum absolute atomic E-state index is 12.5. The van der Waals surface area contributed by atoms with E-state index in [4.69, 9.17) is 5.26 Å². The Bertz CT molecular complexity index is 973. The van der Waals surface area contributed by atoms with Gasteiger partial charge in [0.2, 0.25) is 11.8 Å². The van der Waals surface area contributed by atoms with E-state index in [-0.39, 0.29) is 17.5 Å². The zero-order valence-electron chi connectivity index (χ0n) is 14.9. The number of nitrogens with one attached hydrogen (secondary N) is 2. The second-order valence-electron chi connectivity index (χ2n) is 6.15. The van der Waals surface area contributed by atoms with E-state index in [1.54, 1.807) is 54.6 Å². The van der Waals surface area contributed by atoms with Gasteiger partial charge in [0.25, 0.3) is 11.8 Å². The Balaban J connectivity index is 1.67. The first kappa shape index (κ1) is 18.8. The van der Waals surface area contributed by atoms with Crippen LogP contribution in [0, 0.1) is 11.3 Å². The molecule has 0 aliphatic carbocycles. The van der Waals surface area contributed by atoms with Crippen molar-refractivity contribution in [2.45, 2.75) is 19.4 Å². The van der Waals surface area contributed by atoms with Crippen molar-refractivity contribution >= 4 is 35.0 Å². The summed E-state index contributed by atoms with van der Waals surface area (Å²) in [6, 6.07) is 13.4. The lowest BCUT2D eigenvalue weighted by molar-refractivity contribution is -0.119. The van der Waals surface area contributed by atoms with Gasteiger partial charge in [-0.1, -0.05) is 12.1 Å². The molecule has 1 unspecified atom stereocenters. The molecule has 4 amide bonds. The molecule has 8 heteroatoms. The summed E-state index contributed by atoms with van der Waals surface area (Å²) >= 11 is 0. The number of amides is 4. The van der Waals surface area contributed by atoms with Crippen molar-refractivity contribution in [1.29, 1.82) is 5.26 Å². The van der Waals surface area contributed by atoms with Crippen LogP contribution in [0.4, 0.5) is 11.4 Å². The number of carbonyl (C=O) groups excluding carboxylic acids is 4. The van der Waals surface area contributed by atoms with Crippen LogP contribution in [0.1, 0.15) is 34.1 Å². The van der Waals surface area contributed by atoms with Crippen molar-refractivity contribution in [1.82, 2.24) is 4.90 Å². The minimum Gasteiger partial charge on any atom is -0.325 e. The Morgan fingerprint density at radius 3 is 1.96 bits per heavy atom. The molecular weight excluding hydrogens is 360 g/mol. The minimum absolute atomic E-state index is 0.254. The molecule has 0 saturated heterocycles. The number of rotatable bonds is 5. The molecule has 2 N–H and O–H groups in total. The van der Waals surface area contributed by atoms with Crippen LogP contribution in [0.2, 0.25) is 0 Å². The molecule has 1 atom stereocenters. The van der Waals surface area contributed by atoms with Crippen LogP contribution >= 0.6 is 0 Å². The molecule has 0 aromatic heterocycles. The summed E-state index contributed by atoms with van der Waals surface area (Å²) in [4.78, 5) is 49.8. The molecule has 140 valence electrons. The van der Waals surface area contributed by atoms with Crippen LogP contribution in [0.15, 0.2) is 48.5 Å². The minimum atomic E-state index is -0.998. The van der Waals surface area contributed by atoms with Crippen LogP contribution in [0.25, 0.3) is 0 Å². The molecular formula is C20H16N4O4. The van der Waals surface area contributed by atoms with Crippen LogP contribution in [0.3, 0.4) is 0 Å². The molecule has 2 aromatic rings. The Kier molecular flexibility index (Phi) is 5.18. The fourth-order valence-electron chi connectivity index (χ4n) is 2.84. The number of anilines is 2. The SMILES string of the molecule is CC(C(=O)Nc1ccc(NC(=O)CC#N)cc1)N1C(=O)c2ccccc2C1=O. The second-order valence-corrected chi connectivity index (χ2v) is 6.15. The number of carbonyl (C=O) groups is 4. The van der Waals surface area contributed by atoms with Gasteiger partial charge in [0, 0.05) is 11.4 Å². The van der Waals surface area contributed by atoms with Crippen molar-refractivity contribution in [3.63, 3.8) is 0 Å². The van der Waals surface area contributed by atoms with Gasteiger partial charge in [-0.2, -0.15) is 5.26 Å². The van der Waals surface area contributed by atoms with Crippen LogP contribution < -0.4 is 10.6 Å². The molecule has 1 aliphatic rings. The molecule has 8 nitrogen and oxygen atoms in total. The molecule has 28 heavy (non-hydrogen) atoms. The van der Waals surface area contributed by atoms with Crippen molar-refractivity contribution in [2.24, 2.45) is 0 Å². The summed E-state index contributed by atoms with van der Waals surface area (Å²) in [5.74, 6) is -1.95. The molecule has 2 aromatic carbocycles. The van der Waals surface area contributed by atoms with Crippen LogP contribution in [0.5, 0.6) is 0 Å². The quantitative estimate of drug-likeness (QED) is 0.775. The van der Waals surface area contributed by atoms with Gasteiger partial charge >= 0.3 is 0 Å². The summed E-state index contributed by atoms with van der Waals surface area (Å²) in [6.45, 7) is 1.48. The Morgan fingerprint density at radius 1 is 0.964 bits per heavy atom. The average Bonchev–Trinajstić information content (AvgIpc) is 2.94. The third-order valence-electron chi connectivity index (χ3n) is 4.27. The Morgan fingerprint density at radius 2 is 1.46 bits per heavy atom. The Hall–Kier alpha value is -3.99. The molecule has 0 spiro atoms.